The van der Waals surface area contributed by atoms with Gasteiger partial charge in [0.2, 0.25) is 0 Å². The van der Waals surface area contributed by atoms with Crippen molar-refractivity contribution in [2.45, 2.75) is 13.3 Å². The predicted molar refractivity (Wildman–Crippen MR) is 50.4 cm³/mol. The number of hydrazone groups is 1. The first-order valence-corrected chi connectivity index (χ1v) is 4.15. The van der Waals surface area contributed by atoms with Crippen LogP contribution in [0.25, 0.3) is 0 Å². The summed E-state index contributed by atoms with van der Waals surface area (Å²) in [6, 6.07) is 1.89. The minimum Gasteiger partial charge on any atom is -0.386 e. The minimum absolute atomic E-state index is 0.663. The maximum atomic E-state index is 5.57. The SMILES string of the molecule is Cc1cc(N2CCC(N)=N2)ncn1. The van der Waals surface area contributed by atoms with Crippen molar-refractivity contribution in [1.82, 2.24) is 9.97 Å². The molecule has 5 heteroatoms. The van der Waals surface area contributed by atoms with Crippen LogP contribution in [0.2, 0.25) is 0 Å². The van der Waals surface area contributed by atoms with Crippen LogP contribution in [0.3, 0.4) is 0 Å². The van der Waals surface area contributed by atoms with Crippen LogP contribution in [0.1, 0.15) is 12.1 Å². The van der Waals surface area contributed by atoms with Crippen LogP contribution >= 0.6 is 0 Å². The lowest BCUT2D eigenvalue weighted by Gasteiger charge is -2.11. The Morgan fingerprint density at radius 2 is 2.31 bits per heavy atom. The molecule has 0 atom stereocenters. The van der Waals surface area contributed by atoms with E-state index < -0.39 is 0 Å². The molecule has 0 spiro atoms. The molecular formula is C8H11N5. The molecule has 0 unspecified atom stereocenters. The molecule has 13 heavy (non-hydrogen) atoms. The quantitative estimate of drug-likeness (QED) is 0.668. The zero-order valence-corrected chi connectivity index (χ0v) is 7.44. The average Bonchev–Trinajstić information content (AvgIpc) is 2.52. The Kier molecular flexibility index (Phi) is 1.84. The fourth-order valence-electron chi connectivity index (χ4n) is 1.22. The summed E-state index contributed by atoms with van der Waals surface area (Å²) in [6.45, 7) is 2.73. The molecule has 0 aromatic carbocycles. The molecule has 0 saturated heterocycles. The summed E-state index contributed by atoms with van der Waals surface area (Å²) < 4.78 is 0. The molecule has 2 N–H and O–H groups in total. The van der Waals surface area contributed by atoms with E-state index in [4.69, 9.17) is 5.73 Å². The molecule has 68 valence electrons. The van der Waals surface area contributed by atoms with Crippen molar-refractivity contribution in [2.75, 3.05) is 11.6 Å². The van der Waals surface area contributed by atoms with Gasteiger partial charge in [0.25, 0.3) is 0 Å². The van der Waals surface area contributed by atoms with Gasteiger partial charge in [-0.15, -0.1) is 0 Å². The van der Waals surface area contributed by atoms with Crippen molar-refractivity contribution in [3.8, 4) is 0 Å². The number of hydrogen-bond donors (Lipinski definition) is 1. The number of aryl methyl sites for hydroxylation is 1. The predicted octanol–water partition coefficient (Wildman–Crippen LogP) is 0.267. The lowest BCUT2D eigenvalue weighted by atomic mass is 10.4. The number of anilines is 1. The van der Waals surface area contributed by atoms with Crippen molar-refractivity contribution in [2.24, 2.45) is 10.8 Å². The van der Waals surface area contributed by atoms with Crippen molar-refractivity contribution in [1.29, 1.82) is 0 Å². The van der Waals surface area contributed by atoms with E-state index >= 15 is 0 Å². The molecule has 0 amide bonds. The molecule has 5 nitrogen and oxygen atoms in total. The summed E-state index contributed by atoms with van der Waals surface area (Å²) in [5, 5.41) is 5.93. The highest BCUT2D eigenvalue weighted by Crippen LogP contribution is 2.14. The van der Waals surface area contributed by atoms with Gasteiger partial charge in [0.15, 0.2) is 5.82 Å². The lowest BCUT2D eigenvalue weighted by Crippen LogP contribution is -2.13. The van der Waals surface area contributed by atoms with E-state index in [9.17, 15) is 0 Å². The van der Waals surface area contributed by atoms with E-state index in [0.29, 0.717) is 5.84 Å². The molecule has 0 fully saturated rings. The highest BCUT2D eigenvalue weighted by molar-refractivity contribution is 5.83. The Morgan fingerprint density at radius 1 is 1.46 bits per heavy atom. The highest BCUT2D eigenvalue weighted by atomic mass is 15.5. The van der Waals surface area contributed by atoms with Crippen molar-refractivity contribution in [3.05, 3.63) is 18.1 Å². The maximum Gasteiger partial charge on any atom is 0.152 e. The average molecular weight is 177 g/mol. The third kappa shape index (κ3) is 1.58. The van der Waals surface area contributed by atoms with Gasteiger partial charge in [-0.2, -0.15) is 5.10 Å². The second-order valence-corrected chi connectivity index (χ2v) is 2.98. The summed E-state index contributed by atoms with van der Waals surface area (Å²) >= 11 is 0. The van der Waals surface area contributed by atoms with Gasteiger partial charge in [-0.1, -0.05) is 0 Å². The van der Waals surface area contributed by atoms with E-state index in [1.165, 1.54) is 6.33 Å². The second-order valence-electron chi connectivity index (χ2n) is 2.98. The van der Waals surface area contributed by atoms with Crippen molar-refractivity contribution < 1.29 is 0 Å². The lowest BCUT2D eigenvalue weighted by molar-refractivity contribution is 0.884. The number of hydrogen-bond acceptors (Lipinski definition) is 5. The van der Waals surface area contributed by atoms with Crippen LogP contribution in [0.15, 0.2) is 17.5 Å². The van der Waals surface area contributed by atoms with Gasteiger partial charge in [0.05, 0.1) is 6.54 Å². The molecule has 1 aromatic rings. The second kappa shape index (κ2) is 3.01. The molecule has 1 aromatic heterocycles. The van der Waals surface area contributed by atoms with Gasteiger partial charge in [-0.25, -0.2) is 15.0 Å². The third-order valence-corrected chi connectivity index (χ3v) is 1.88. The number of aromatic nitrogens is 2. The van der Waals surface area contributed by atoms with E-state index in [1.807, 2.05) is 13.0 Å². The van der Waals surface area contributed by atoms with Crippen LogP contribution in [-0.2, 0) is 0 Å². The first kappa shape index (κ1) is 7.97. The molecule has 0 radical (unpaired) electrons. The number of rotatable bonds is 1. The van der Waals surface area contributed by atoms with Gasteiger partial charge in [-0.05, 0) is 6.92 Å². The first-order valence-electron chi connectivity index (χ1n) is 4.15. The van der Waals surface area contributed by atoms with Crippen LogP contribution in [-0.4, -0.2) is 22.3 Å². The van der Waals surface area contributed by atoms with E-state index in [-0.39, 0.29) is 0 Å². The number of nitrogens with two attached hydrogens (primary N) is 1. The van der Waals surface area contributed by atoms with Crippen LogP contribution in [0.5, 0.6) is 0 Å². The molecule has 1 aliphatic heterocycles. The summed E-state index contributed by atoms with van der Waals surface area (Å²) in [7, 11) is 0. The van der Waals surface area contributed by atoms with E-state index in [1.54, 1.807) is 5.01 Å². The summed E-state index contributed by atoms with van der Waals surface area (Å²) in [6.07, 6.45) is 2.34. The van der Waals surface area contributed by atoms with Crippen molar-refractivity contribution >= 4 is 11.7 Å². The molecule has 0 saturated carbocycles. The largest absolute Gasteiger partial charge is 0.386 e. The fourth-order valence-corrected chi connectivity index (χ4v) is 1.22. The van der Waals surface area contributed by atoms with Gasteiger partial charge in [-0.3, -0.25) is 0 Å². The molecule has 0 aliphatic carbocycles. The minimum atomic E-state index is 0.663. The summed E-state index contributed by atoms with van der Waals surface area (Å²) in [4.78, 5) is 8.12. The summed E-state index contributed by atoms with van der Waals surface area (Å²) in [5.74, 6) is 1.48. The maximum absolute atomic E-state index is 5.57. The number of amidine groups is 1. The molecule has 2 heterocycles. The Bertz CT molecular complexity index is 346. The zero-order valence-electron chi connectivity index (χ0n) is 7.44. The zero-order chi connectivity index (χ0) is 9.26. The molecule has 1 aliphatic rings. The Hall–Kier alpha value is -1.65. The fraction of sp³-hybridized carbons (Fsp3) is 0.375. The van der Waals surface area contributed by atoms with Crippen LogP contribution in [0, 0.1) is 6.92 Å². The summed E-state index contributed by atoms with van der Waals surface area (Å²) in [5.41, 5.74) is 6.50. The van der Waals surface area contributed by atoms with Crippen LogP contribution < -0.4 is 10.7 Å². The standard InChI is InChI=1S/C8H11N5/c1-6-4-8(11-5-10-6)13-3-2-7(9)12-13/h4-5H,2-3H2,1H3,(H2,9,12). The van der Waals surface area contributed by atoms with Gasteiger partial charge in [0, 0.05) is 18.2 Å². The topological polar surface area (TPSA) is 67.4 Å². The highest BCUT2D eigenvalue weighted by Gasteiger charge is 2.14. The smallest absolute Gasteiger partial charge is 0.152 e. The normalized spacial score (nSPS) is 16.1. The van der Waals surface area contributed by atoms with Gasteiger partial charge < -0.3 is 5.73 Å². The number of nitrogens with zero attached hydrogens (tertiary/aromatic N) is 4. The Balaban J connectivity index is 2.26. The molecule has 0 bridgehead atoms. The van der Waals surface area contributed by atoms with Gasteiger partial charge in [0.1, 0.15) is 12.2 Å². The monoisotopic (exact) mass is 177 g/mol. The van der Waals surface area contributed by atoms with E-state index in [0.717, 1.165) is 24.5 Å². The molecular weight excluding hydrogens is 166 g/mol. The first-order chi connectivity index (χ1) is 6.25. The van der Waals surface area contributed by atoms with Crippen LogP contribution in [0.4, 0.5) is 5.82 Å². The Labute approximate surface area is 76.3 Å². The van der Waals surface area contributed by atoms with E-state index in [2.05, 4.69) is 15.1 Å². The van der Waals surface area contributed by atoms with Gasteiger partial charge >= 0.3 is 0 Å². The molecule has 2 rings (SSSR count). The van der Waals surface area contributed by atoms with Crippen molar-refractivity contribution in [3.63, 3.8) is 0 Å². The Morgan fingerprint density at radius 3 is 2.92 bits per heavy atom. The third-order valence-electron chi connectivity index (χ3n) is 1.88.